The van der Waals surface area contributed by atoms with E-state index in [1.54, 1.807) is 10.9 Å². The van der Waals surface area contributed by atoms with Crippen molar-refractivity contribution in [2.24, 2.45) is 0 Å². The van der Waals surface area contributed by atoms with Gasteiger partial charge in [0.1, 0.15) is 6.04 Å². The van der Waals surface area contributed by atoms with E-state index in [0.29, 0.717) is 26.3 Å². The third-order valence-corrected chi connectivity index (χ3v) is 2.60. The molecule has 2 heterocycles. The van der Waals surface area contributed by atoms with Crippen LogP contribution < -0.4 is 0 Å². The molecule has 0 aromatic carbocycles. The summed E-state index contributed by atoms with van der Waals surface area (Å²) in [5.41, 5.74) is 0. The minimum atomic E-state index is -0.224. The Kier molecular flexibility index (Phi) is 3.01. The minimum absolute atomic E-state index is 0.113. The second-order valence-electron chi connectivity index (χ2n) is 3.60. The Bertz CT molecular complexity index is 317. The van der Waals surface area contributed by atoms with E-state index in [9.17, 15) is 4.79 Å². The fourth-order valence-electron chi connectivity index (χ4n) is 1.67. The van der Waals surface area contributed by atoms with Crippen molar-refractivity contribution in [3.8, 4) is 0 Å². The number of hydrogen-bond donors (Lipinski definition) is 0. The summed E-state index contributed by atoms with van der Waals surface area (Å²) in [4.78, 5) is 13.8. The fourth-order valence-corrected chi connectivity index (χ4v) is 1.67. The van der Waals surface area contributed by atoms with E-state index in [0.717, 1.165) is 0 Å². The first-order valence-electron chi connectivity index (χ1n) is 5.14. The van der Waals surface area contributed by atoms with Gasteiger partial charge in [0.25, 0.3) is 0 Å². The van der Waals surface area contributed by atoms with E-state index in [2.05, 4.69) is 5.10 Å². The predicted molar refractivity (Wildman–Crippen MR) is 54.3 cm³/mol. The third-order valence-electron chi connectivity index (χ3n) is 2.60. The maximum absolute atomic E-state index is 12.0. The summed E-state index contributed by atoms with van der Waals surface area (Å²) in [6, 6.07) is 1.60. The topological polar surface area (TPSA) is 47.4 Å². The van der Waals surface area contributed by atoms with Gasteiger partial charge in [-0.05, 0) is 13.0 Å². The molecule has 1 amide bonds. The van der Waals surface area contributed by atoms with Gasteiger partial charge in [-0.15, -0.1) is 0 Å². The van der Waals surface area contributed by atoms with E-state index in [4.69, 9.17) is 4.74 Å². The van der Waals surface area contributed by atoms with Gasteiger partial charge in [0.15, 0.2) is 0 Å². The zero-order valence-electron chi connectivity index (χ0n) is 8.80. The van der Waals surface area contributed by atoms with Crippen LogP contribution >= 0.6 is 0 Å². The number of carbonyl (C=O) groups excluding carboxylic acids is 1. The van der Waals surface area contributed by atoms with E-state index in [1.165, 1.54) is 0 Å². The summed E-state index contributed by atoms with van der Waals surface area (Å²) in [7, 11) is 0. The molecular formula is C10H15N3O2. The van der Waals surface area contributed by atoms with Crippen LogP contribution in [0.5, 0.6) is 0 Å². The van der Waals surface area contributed by atoms with Crippen LogP contribution in [0.1, 0.15) is 13.0 Å². The van der Waals surface area contributed by atoms with Gasteiger partial charge in [-0.3, -0.25) is 9.48 Å². The summed E-state index contributed by atoms with van der Waals surface area (Å²) in [6.45, 7) is 4.51. The van der Waals surface area contributed by atoms with E-state index >= 15 is 0 Å². The minimum Gasteiger partial charge on any atom is -0.378 e. The number of amides is 1. The van der Waals surface area contributed by atoms with Crippen molar-refractivity contribution in [2.75, 3.05) is 26.3 Å². The zero-order chi connectivity index (χ0) is 10.7. The normalized spacial score (nSPS) is 18.9. The second-order valence-corrected chi connectivity index (χ2v) is 3.60. The van der Waals surface area contributed by atoms with Crippen molar-refractivity contribution in [3.05, 3.63) is 18.5 Å². The zero-order valence-corrected chi connectivity index (χ0v) is 8.80. The van der Waals surface area contributed by atoms with Crippen molar-refractivity contribution >= 4 is 5.91 Å². The SMILES string of the molecule is C[C@@H](C(=O)N1CCOCC1)n1cccn1. The highest BCUT2D eigenvalue weighted by Crippen LogP contribution is 2.09. The summed E-state index contributed by atoms with van der Waals surface area (Å²) in [5.74, 6) is 0.113. The molecule has 2 rings (SSSR count). The lowest BCUT2D eigenvalue weighted by atomic mass is 10.2. The standard InChI is InChI=1S/C10H15N3O2/c1-9(13-4-2-3-11-13)10(14)12-5-7-15-8-6-12/h2-4,9H,5-8H2,1H3/t9-/m0/s1. The fraction of sp³-hybridized carbons (Fsp3) is 0.600. The Hall–Kier alpha value is -1.36. The van der Waals surface area contributed by atoms with Crippen molar-refractivity contribution in [3.63, 3.8) is 0 Å². The van der Waals surface area contributed by atoms with Gasteiger partial charge in [-0.2, -0.15) is 5.10 Å². The van der Waals surface area contributed by atoms with Crippen LogP contribution in [0.15, 0.2) is 18.5 Å². The molecule has 1 fully saturated rings. The van der Waals surface area contributed by atoms with Gasteiger partial charge in [0.05, 0.1) is 13.2 Å². The van der Waals surface area contributed by atoms with Crippen molar-refractivity contribution in [1.29, 1.82) is 0 Å². The highest BCUT2D eigenvalue weighted by atomic mass is 16.5. The number of rotatable bonds is 2. The number of aromatic nitrogens is 2. The maximum Gasteiger partial charge on any atom is 0.247 e. The second kappa shape index (κ2) is 4.44. The van der Waals surface area contributed by atoms with E-state index < -0.39 is 0 Å². The molecule has 0 saturated carbocycles. The highest BCUT2D eigenvalue weighted by Gasteiger charge is 2.23. The molecule has 5 nitrogen and oxygen atoms in total. The Morgan fingerprint density at radius 1 is 1.47 bits per heavy atom. The molecule has 1 aliphatic rings. The monoisotopic (exact) mass is 209 g/mol. The molecule has 0 unspecified atom stereocenters. The number of carbonyl (C=O) groups is 1. The summed E-state index contributed by atoms with van der Waals surface area (Å²) >= 11 is 0. The molecule has 1 aromatic rings. The van der Waals surface area contributed by atoms with Crippen LogP contribution in [0.25, 0.3) is 0 Å². The highest BCUT2D eigenvalue weighted by molar-refractivity contribution is 5.80. The largest absolute Gasteiger partial charge is 0.378 e. The van der Waals surface area contributed by atoms with Crippen LogP contribution in [0.2, 0.25) is 0 Å². The molecule has 0 aliphatic carbocycles. The van der Waals surface area contributed by atoms with Crippen LogP contribution in [0.3, 0.4) is 0 Å². The van der Waals surface area contributed by atoms with Crippen LogP contribution in [-0.2, 0) is 9.53 Å². The summed E-state index contributed by atoms with van der Waals surface area (Å²) in [6.07, 6.45) is 3.49. The average molecular weight is 209 g/mol. The summed E-state index contributed by atoms with van der Waals surface area (Å²) in [5, 5.41) is 4.07. The molecule has 1 aromatic heterocycles. The third kappa shape index (κ3) is 2.18. The van der Waals surface area contributed by atoms with Gasteiger partial charge in [-0.25, -0.2) is 0 Å². The first-order chi connectivity index (χ1) is 7.29. The van der Waals surface area contributed by atoms with Gasteiger partial charge in [0.2, 0.25) is 5.91 Å². The van der Waals surface area contributed by atoms with Gasteiger partial charge < -0.3 is 9.64 Å². The molecule has 0 bridgehead atoms. The van der Waals surface area contributed by atoms with Gasteiger partial charge in [0, 0.05) is 25.5 Å². The van der Waals surface area contributed by atoms with Crippen molar-refractivity contribution < 1.29 is 9.53 Å². The number of morpholine rings is 1. The molecule has 1 atom stereocenters. The lowest BCUT2D eigenvalue weighted by Crippen LogP contribution is -2.43. The molecule has 5 heteroatoms. The van der Waals surface area contributed by atoms with Gasteiger partial charge >= 0.3 is 0 Å². The molecule has 0 N–H and O–H groups in total. The van der Waals surface area contributed by atoms with Crippen LogP contribution in [-0.4, -0.2) is 46.9 Å². The number of hydrogen-bond acceptors (Lipinski definition) is 3. The average Bonchev–Trinajstić information content (AvgIpc) is 2.82. The Morgan fingerprint density at radius 2 is 2.20 bits per heavy atom. The molecule has 0 spiro atoms. The van der Waals surface area contributed by atoms with Crippen LogP contribution in [0.4, 0.5) is 0 Å². The Balaban J connectivity index is 2.00. The lowest BCUT2D eigenvalue weighted by molar-refractivity contribution is -0.138. The molecule has 0 radical (unpaired) electrons. The van der Waals surface area contributed by atoms with Crippen molar-refractivity contribution in [1.82, 2.24) is 14.7 Å². The quantitative estimate of drug-likeness (QED) is 0.704. The first-order valence-corrected chi connectivity index (χ1v) is 5.14. The van der Waals surface area contributed by atoms with Crippen LogP contribution in [0, 0.1) is 0 Å². The lowest BCUT2D eigenvalue weighted by Gasteiger charge is -2.29. The predicted octanol–water partition coefficient (Wildman–Crippen LogP) is 0.303. The number of nitrogens with zero attached hydrogens (tertiary/aromatic N) is 3. The smallest absolute Gasteiger partial charge is 0.247 e. The molecule has 1 saturated heterocycles. The Labute approximate surface area is 88.6 Å². The molecule has 82 valence electrons. The molecule has 1 aliphatic heterocycles. The van der Waals surface area contributed by atoms with E-state index in [1.807, 2.05) is 24.1 Å². The van der Waals surface area contributed by atoms with Gasteiger partial charge in [-0.1, -0.05) is 0 Å². The maximum atomic E-state index is 12.0. The first kappa shape index (κ1) is 10.2. The Morgan fingerprint density at radius 3 is 2.80 bits per heavy atom. The number of ether oxygens (including phenoxy) is 1. The molecular weight excluding hydrogens is 194 g/mol. The summed E-state index contributed by atoms with van der Waals surface area (Å²) < 4.78 is 6.88. The van der Waals surface area contributed by atoms with E-state index in [-0.39, 0.29) is 11.9 Å². The van der Waals surface area contributed by atoms with Crippen molar-refractivity contribution in [2.45, 2.75) is 13.0 Å². The molecule has 15 heavy (non-hydrogen) atoms.